The van der Waals surface area contributed by atoms with Gasteiger partial charge in [0.1, 0.15) is 111 Å². The Balaban J connectivity index is 0.592. The van der Waals surface area contributed by atoms with Crippen molar-refractivity contribution in [2.75, 3.05) is 80.2 Å². The Kier molecular flexibility index (Phi) is 44.2. The average molecular weight is 2010 g/mol. The van der Waals surface area contributed by atoms with Crippen LogP contribution >= 0.6 is 0 Å². The third-order valence-electron chi connectivity index (χ3n) is 25.4. The molecule has 0 spiro atoms. The lowest BCUT2D eigenvalue weighted by Crippen LogP contribution is -2.66. The Morgan fingerprint density at radius 1 is 0.211 bits per heavy atom. The lowest BCUT2D eigenvalue weighted by molar-refractivity contribution is -0.375. The minimum atomic E-state index is -1.24. The van der Waals surface area contributed by atoms with E-state index in [-0.39, 0.29) is 152 Å². The standard InChI is InChI=1S/C119H134N2O26/c1-124-114-110(108(138-78-94-56-31-11-32-57-94)104(100(142-114)84-128-72-88-44-19-5-20-45-88)146-116-112(140-80-96-60-35-13-36-61-96)106(136-76-92-52-27-9-28-53-92)102(134-74-90-48-23-7-24-49-90)98(144-116)82-126-70-86-40-15-3-16-41-86)130-66-68-132-118(122)120-64-39-65-121-119(123)133-69-67-131-111-109(139-79-95-58-33-12-34-59-95)105(101(143-115(111)125-2)85-129-73-89-46-21-6-22-47-89)147-117-113(141-81-97-62-37-14-38-63-97)107(137-77-93-54-29-10-30-55-93)103(135-75-91-50-25-8-26-51-91)99(145-117)83-127-71-87-42-17-4-18-43-87/h3-38,40-63,98-117H,39,64-85H2,1-2H3,(H,120,122)(H,121,123)/t98-,99-,100-,101-,102+,103+,104+,105+,106+,107+,108+,109+,110-,111-,112-,113-,114-,115-,116-,117-/m1/s1. The highest BCUT2D eigenvalue weighted by molar-refractivity contribution is 5.67. The Labute approximate surface area is 860 Å². The van der Waals surface area contributed by atoms with E-state index in [0.29, 0.717) is 0 Å². The number of alkyl carbamates (subject to hydrolysis) is 2. The average Bonchev–Trinajstić information content (AvgIpc) is 0.766. The zero-order chi connectivity index (χ0) is 101. The lowest BCUT2D eigenvalue weighted by Gasteiger charge is -2.50. The van der Waals surface area contributed by atoms with Crippen molar-refractivity contribution in [2.45, 2.75) is 209 Å². The normalized spacial score (nSPS) is 24.0. The SMILES string of the molecule is CO[C@@H]1O[C@H](COCc2ccccc2)[C@H](O[C@H]2O[C@H](COCc3ccccc3)[C@H](OCc3ccccc3)[C@H](OCc3ccccc3)[C@H]2OCc2ccccc2)[C@H](OCc2ccccc2)[C@H]1OCCOC(=O)NCCCNC(=O)OCCO[C@H]1[C@H](OC)O[C@H](COCc2ccccc2)[C@H](O[C@H]2O[C@H](COCc3ccccc3)[C@H](OCc3ccccc3)[C@H](OCc3ccccc3)[C@H]2OCc2ccccc2)[C@@H]1OCc1ccccc1. The second-order valence-corrected chi connectivity index (χ2v) is 36.1. The number of benzene rings is 12. The maximum atomic E-state index is 13.7. The van der Waals surface area contributed by atoms with Crippen LogP contribution in [0.1, 0.15) is 73.2 Å². The van der Waals surface area contributed by atoms with Crippen molar-refractivity contribution in [3.63, 3.8) is 0 Å². The summed E-state index contributed by atoms with van der Waals surface area (Å²) in [6.45, 7) is 1.82. The maximum absolute atomic E-state index is 13.7. The van der Waals surface area contributed by atoms with E-state index < -0.39 is 135 Å². The van der Waals surface area contributed by atoms with Crippen molar-refractivity contribution in [1.82, 2.24) is 10.6 Å². The number of hydrogen-bond acceptors (Lipinski definition) is 26. The van der Waals surface area contributed by atoms with Gasteiger partial charge in [-0.2, -0.15) is 0 Å². The molecule has 28 heteroatoms. The van der Waals surface area contributed by atoms with E-state index in [9.17, 15) is 9.59 Å². The number of carbonyl (C=O) groups is 2. The second kappa shape index (κ2) is 60.1. The van der Waals surface area contributed by atoms with Gasteiger partial charge in [-0.25, -0.2) is 9.59 Å². The Hall–Kier alpha value is -11.7. The summed E-state index contributed by atoms with van der Waals surface area (Å²) in [5, 5.41) is 5.59. The first kappa shape index (κ1) is 108. The largest absolute Gasteiger partial charge is 0.447 e. The second-order valence-electron chi connectivity index (χ2n) is 36.1. The highest BCUT2D eigenvalue weighted by Crippen LogP contribution is 2.41. The number of nitrogens with one attached hydrogen (secondary N) is 2. The molecule has 4 heterocycles. The Morgan fingerprint density at radius 3 is 0.619 bits per heavy atom. The van der Waals surface area contributed by atoms with Gasteiger partial charge in [0.15, 0.2) is 25.2 Å². The van der Waals surface area contributed by atoms with E-state index in [1.54, 1.807) is 0 Å². The minimum absolute atomic E-state index is 0.00947. The fraction of sp³-hybridized carbons (Fsp3) is 0.378. The molecule has 0 unspecified atom stereocenters. The van der Waals surface area contributed by atoms with Crippen LogP contribution in [0.3, 0.4) is 0 Å². The van der Waals surface area contributed by atoms with Crippen molar-refractivity contribution >= 4 is 12.2 Å². The lowest BCUT2D eigenvalue weighted by atomic mass is 9.95. The number of ether oxygens (including phenoxy) is 24. The third kappa shape index (κ3) is 34.2. The van der Waals surface area contributed by atoms with Gasteiger partial charge < -0.3 is 124 Å². The van der Waals surface area contributed by atoms with Crippen LogP contribution < -0.4 is 10.6 Å². The van der Waals surface area contributed by atoms with Crippen LogP contribution in [-0.4, -0.2) is 215 Å². The number of rotatable bonds is 58. The van der Waals surface area contributed by atoms with Crippen LogP contribution in [0.4, 0.5) is 9.59 Å². The van der Waals surface area contributed by atoms with Crippen molar-refractivity contribution in [1.29, 1.82) is 0 Å². The summed E-state index contributed by atoms with van der Waals surface area (Å²) in [6.07, 6.45) is -20.9. The molecule has 16 rings (SSSR count). The molecule has 12 aromatic carbocycles. The van der Waals surface area contributed by atoms with Gasteiger partial charge in [0.25, 0.3) is 0 Å². The molecule has 12 aromatic rings. The Morgan fingerprint density at radius 2 is 0.395 bits per heavy atom. The molecule has 0 radical (unpaired) electrons. The van der Waals surface area contributed by atoms with Crippen LogP contribution in [0.15, 0.2) is 364 Å². The van der Waals surface area contributed by atoms with Crippen molar-refractivity contribution in [3.05, 3.63) is 431 Å². The summed E-state index contributed by atoms with van der Waals surface area (Å²) in [5.74, 6) is 0. The number of amides is 2. The molecular weight excluding hydrogens is 1870 g/mol. The van der Waals surface area contributed by atoms with E-state index >= 15 is 0 Å². The zero-order valence-corrected chi connectivity index (χ0v) is 83.1. The van der Waals surface area contributed by atoms with E-state index in [1.165, 1.54) is 14.2 Å². The van der Waals surface area contributed by atoms with E-state index in [1.807, 2.05) is 364 Å². The summed E-state index contributed by atoms with van der Waals surface area (Å²) in [4.78, 5) is 27.4. The molecule has 4 saturated heterocycles. The molecule has 28 nitrogen and oxygen atoms in total. The van der Waals surface area contributed by atoms with Gasteiger partial charge in [0, 0.05) is 27.3 Å². The predicted molar refractivity (Wildman–Crippen MR) is 546 cm³/mol. The summed E-state index contributed by atoms with van der Waals surface area (Å²) >= 11 is 0. The van der Waals surface area contributed by atoms with Crippen LogP contribution in [0, 0.1) is 0 Å². The van der Waals surface area contributed by atoms with Gasteiger partial charge in [-0.1, -0.05) is 364 Å². The summed E-state index contributed by atoms with van der Waals surface area (Å²) in [5.41, 5.74) is 11.0. The zero-order valence-electron chi connectivity index (χ0n) is 83.1. The predicted octanol–water partition coefficient (Wildman–Crippen LogP) is 18.1. The van der Waals surface area contributed by atoms with Crippen LogP contribution in [0.25, 0.3) is 0 Å². The topological polar surface area (TPSA) is 280 Å². The number of methoxy groups -OCH3 is 2. The molecule has 0 saturated carbocycles. The van der Waals surface area contributed by atoms with Gasteiger partial charge in [-0.3, -0.25) is 0 Å². The van der Waals surface area contributed by atoms with Gasteiger partial charge in [0.2, 0.25) is 0 Å². The van der Waals surface area contributed by atoms with E-state index in [4.69, 9.17) is 114 Å². The maximum Gasteiger partial charge on any atom is 0.407 e. The number of carbonyl (C=O) groups excluding carboxylic acids is 2. The smallest absolute Gasteiger partial charge is 0.407 e. The minimum Gasteiger partial charge on any atom is -0.447 e. The Bertz CT molecular complexity index is 5250. The molecule has 2 N–H and O–H groups in total. The van der Waals surface area contributed by atoms with E-state index in [2.05, 4.69) is 10.6 Å². The van der Waals surface area contributed by atoms with Crippen LogP contribution in [0.2, 0.25) is 0 Å². The summed E-state index contributed by atoms with van der Waals surface area (Å²) in [6, 6.07) is 118. The first-order valence-electron chi connectivity index (χ1n) is 50.4. The molecule has 4 aliphatic heterocycles. The fourth-order valence-electron chi connectivity index (χ4n) is 18.0. The van der Waals surface area contributed by atoms with Crippen molar-refractivity contribution in [2.24, 2.45) is 0 Å². The molecule has 147 heavy (non-hydrogen) atoms. The first-order chi connectivity index (χ1) is 72.7. The molecule has 4 aliphatic rings. The van der Waals surface area contributed by atoms with Crippen molar-refractivity contribution in [3.8, 4) is 0 Å². The molecule has 0 aliphatic carbocycles. The third-order valence-corrected chi connectivity index (χ3v) is 25.4. The molecule has 20 atom stereocenters. The monoisotopic (exact) mass is 2010 g/mol. The number of hydrogen-bond donors (Lipinski definition) is 2. The van der Waals surface area contributed by atoms with Gasteiger partial charge in [0.05, 0.1) is 119 Å². The fourth-order valence-corrected chi connectivity index (χ4v) is 18.0. The summed E-state index contributed by atoms with van der Waals surface area (Å²) < 4.78 is 165. The van der Waals surface area contributed by atoms with E-state index in [0.717, 1.165) is 66.8 Å². The molecule has 776 valence electrons. The molecule has 0 bridgehead atoms. The highest BCUT2D eigenvalue weighted by Gasteiger charge is 2.57. The quantitative estimate of drug-likeness (QED) is 0.0335. The van der Waals surface area contributed by atoms with Gasteiger partial charge in [-0.05, 0) is 73.2 Å². The van der Waals surface area contributed by atoms with Crippen LogP contribution in [0.5, 0.6) is 0 Å². The summed E-state index contributed by atoms with van der Waals surface area (Å²) in [7, 11) is 3.04. The van der Waals surface area contributed by atoms with Gasteiger partial charge in [-0.15, -0.1) is 0 Å². The van der Waals surface area contributed by atoms with Gasteiger partial charge >= 0.3 is 12.2 Å². The van der Waals surface area contributed by atoms with Crippen LogP contribution in [-0.2, 0) is 193 Å². The highest BCUT2D eigenvalue weighted by atomic mass is 16.8. The first-order valence-corrected chi connectivity index (χ1v) is 50.4. The van der Waals surface area contributed by atoms with Crippen molar-refractivity contribution < 1.29 is 123 Å². The molecular formula is C119H134N2O26. The molecule has 0 aromatic heterocycles. The molecule has 2 amide bonds. The molecule has 4 fully saturated rings.